The van der Waals surface area contributed by atoms with Crippen molar-refractivity contribution >= 4 is 21.4 Å². The molecule has 0 bridgehead atoms. The lowest BCUT2D eigenvalue weighted by atomic mass is 9.91. The van der Waals surface area contributed by atoms with Gasteiger partial charge in [-0.1, -0.05) is 32.4 Å². The Morgan fingerprint density at radius 2 is 1.58 bits per heavy atom. The molecule has 2 aliphatic rings. The van der Waals surface area contributed by atoms with Gasteiger partial charge in [-0.25, -0.2) is 0 Å². The molecule has 6 rings (SSSR count). The largest absolute Gasteiger partial charge is 0.508 e. The molecule has 2 fully saturated rings. The lowest BCUT2D eigenvalue weighted by Crippen LogP contribution is -2.47. The van der Waals surface area contributed by atoms with Crippen LogP contribution in [0.1, 0.15) is 63.5 Å². The maximum atomic E-state index is 10.2. The first-order chi connectivity index (χ1) is 21.1. The monoisotopic (exact) mass is 598 g/mol. The van der Waals surface area contributed by atoms with Crippen LogP contribution in [0.15, 0.2) is 66.7 Å². The van der Waals surface area contributed by atoms with Gasteiger partial charge >= 0.3 is 0 Å². The molecular formula is C37H46N2O3S. The van der Waals surface area contributed by atoms with Gasteiger partial charge in [-0.3, -0.25) is 9.80 Å². The molecule has 228 valence electrons. The third-order valence-corrected chi connectivity index (χ3v) is 10.6. The second-order valence-corrected chi connectivity index (χ2v) is 13.1. The fraction of sp³-hybridized carbons (Fsp3) is 0.459. The molecule has 2 heterocycles. The van der Waals surface area contributed by atoms with Crippen LogP contribution in [0, 0.1) is 0 Å². The quantitative estimate of drug-likeness (QED) is 0.178. The maximum absolute atomic E-state index is 10.2. The van der Waals surface area contributed by atoms with Crippen LogP contribution in [0.2, 0.25) is 0 Å². The Labute approximate surface area is 261 Å². The number of hydrogen-bond donors (Lipinski definition) is 1. The van der Waals surface area contributed by atoms with Gasteiger partial charge in [-0.2, -0.15) is 0 Å². The minimum Gasteiger partial charge on any atom is -0.508 e. The van der Waals surface area contributed by atoms with Gasteiger partial charge in [-0.15, -0.1) is 11.3 Å². The van der Waals surface area contributed by atoms with E-state index >= 15 is 0 Å². The predicted molar refractivity (Wildman–Crippen MR) is 179 cm³/mol. The standard InChI is InChI=1S/C37H46N2O3S/c1-3-39(4-2)34-9-5-6-10-35(34)42-31-16-11-27(12-17-31)25-33-32-20-15-29(40)26-36(32)43-37(33)28-13-18-30(19-14-28)41-24-23-38-21-7-8-22-38/h11-20,26,34-35,40H,3-10,21-25H2,1-2H3/t34-,35?/m0/s1. The molecule has 6 heteroatoms. The second kappa shape index (κ2) is 14.1. The Hall–Kier alpha value is -3.06. The summed E-state index contributed by atoms with van der Waals surface area (Å²) in [5.41, 5.74) is 3.74. The number of benzene rings is 3. The second-order valence-electron chi connectivity index (χ2n) is 12.1. The number of likely N-dealkylation sites (tertiary alicyclic amines) is 1. The number of hydrogen-bond acceptors (Lipinski definition) is 6. The summed E-state index contributed by atoms with van der Waals surface area (Å²) in [5.74, 6) is 2.19. The molecule has 1 unspecified atom stereocenters. The summed E-state index contributed by atoms with van der Waals surface area (Å²) in [4.78, 5) is 6.28. The molecule has 4 aromatic rings. The number of phenols is 1. The van der Waals surface area contributed by atoms with E-state index < -0.39 is 0 Å². The summed E-state index contributed by atoms with van der Waals surface area (Å²) in [7, 11) is 0. The van der Waals surface area contributed by atoms with Gasteiger partial charge in [0.1, 0.15) is 30.0 Å². The lowest BCUT2D eigenvalue weighted by molar-refractivity contribution is 0.0413. The molecule has 2 atom stereocenters. The highest BCUT2D eigenvalue weighted by Crippen LogP contribution is 2.41. The lowest BCUT2D eigenvalue weighted by Gasteiger charge is -2.39. The highest BCUT2D eigenvalue weighted by Gasteiger charge is 2.30. The van der Waals surface area contributed by atoms with Crippen molar-refractivity contribution in [3.63, 3.8) is 0 Å². The fourth-order valence-electron chi connectivity index (χ4n) is 6.94. The zero-order valence-corrected chi connectivity index (χ0v) is 26.6. The average Bonchev–Trinajstić information content (AvgIpc) is 3.68. The van der Waals surface area contributed by atoms with E-state index in [9.17, 15) is 5.11 Å². The van der Waals surface area contributed by atoms with Gasteiger partial charge in [0.25, 0.3) is 0 Å². The topological polar surface area (TPSA) is 45.2 Å². The third-order valence-electron chi connectivity index (χ3n) is 9.31. The zero-order chi connectivity index (χ0) is 29.6. The minimum absolute atomic E-state index is 0.256. The van der Waals surface area contributed by atoms with Crippen molar-refractivity contribution in [3.8, 4) is 27.7 Å². The van der Waals surface area contributed by atoms with Crippen molar-refractivity contribution in [2.45, 2.75) is 70.9 Å². The van der Waals surface area contributed by atoms with Crippen molar-refractivity contribution < 1.29 is 14.6 Å². The van der Waals surface area contributed by atoms with Crippen molar-refractivity contribution in [2.24, 2.45) is 0 Å². The number of ether oxygens (including phenoxy) is 2. The summed E-state index contributed by atoms with van der Waals surface area (Å²) in [5, 5.41) is 11.4. The summed E-state index contributed by atoms with van der Waals surface area (Å²) in [6, 6.07) is 23.5. The van der Waals surface area contributed by atoms with E-state index in [2.05, 4.69) is 78.2 Å². The van der Waals surface area contributed by atoms with Gasteiger partial charge in [0.2, 0.25) is 0 Å². The molecule has 0 spiro atoms. The highest BCUT2D eigenvalue weighted by atomic mass is 32.1. The smallest absolute Gasteiger partial charge is 0.119 e. The van der Waals surface area contributed by atoms with E-state index in [-0.39, 0.29) is 6.10 Å². The van der Waals surface area contributed by atoms with E-state index in [4.69, 9.17) is 9.47 Å². The van der Waals surface area contributed by atoms with Crippen molar-refractivity contribution in [1.29, 1.82) is 0 Å². The van der Waals surface area contributed by atoms with E-state index in [0.717, 1.165) is 55.3 Å². The van der Waals surface area contributed by atoms with Crippen LogP contribution in [0.25, 0.3) is 20.5 Å². The first-order valence-corrected chi connectivity index (χ1v) is 17.1. The SMILES string of the molecule is CCN(CC)[C@H]1CCCCC1Oc1ccc(Cc2c(-c3ccc(OCCN4CCCC4)cc3)sc3cc(O)ccc23)cc1. The molecule has 1 aliphatic carbocycles. The van der Waals surface area contributed by atoms with E-state index in [0.29, 0.717) is 11.8 Å². The van der Waals surface area contributed by atoms with E-state index in [1.165, 1.54) is 72.1 Å². The Morgan fingerprint density at radius 1 is 0.860 bits per heavy atom. The van der Waals surface area contributed by atoms with Crippen LogP contribution in [0.5, 0.6) is 17.2 Å². The Kier molecular flexibility index (Phi) is 9.87. The molecule has 43 heavy (non-hydrogen) atoms. The highest BCUT2D eigenvalue weighted by molar-refractivity contribution is 7.22. The van der Waals surface area contributed by atoms with Gasteiger partial charge in [0.15, 0.2) is 0 Å². The molecule has 0 amide bonds. The summed E-state index contributed by atoms with van der Waals surface area (Å²) in [6.07, 6.45) is 8.58. The van der Waals surface area contributed by atoms with Crippen LogP contribution < -0.4 is 9.47 Å². The number of aromatic hydroxyl groups is 1. The Bertz CT molecular complexity index is 1460. The molecule has 1 saturated carbocycles. The number of likely N-dealkylation sites (N-methyl/N-ethyl adjacent to an activating group) is 1. The zero-order valence-electron chi connectivity index (χ0n) is 25.8. The third kappa shape index (κ3) is 7.19. The van der Waals surface area contributed by atoms with Gasteiger partial charge in [0, 0.05) is 22.2 Å². The molecule has 5 nitrogen and oxygen atoms in total. The van der Waals surface area contributed by atoms with E-state index in [1.807, 2.05) is 6.07 Å². The summed E-state index contributed by atoms with van der Waals surface area (Å²) >= 11 is 1.75. The normalized spacial score (nSPS) is 19.3. The number of nitrogens with zero attached hydrogens (tertiary/aromatic N) is 2. The molecule has 3 aromatic carbocycles. The van der Waals surface area contributed by atoms with Gasteiger partial charge in [0.05, 0.1) is 0 Å². The first kappa shape index (κ1) is 30.0. The minimum atomic E-state index is 0.256. The summed E-state index contributed by atoms with van der Waals surface area (Å²) < 4.78 is 13.8. The molecule has 1 aliphatic heterocycles. The molecule has 0 radical (unpaired) electrons. The maximum Gasteiger partial charge on any atom is 0.119 e. The van der Waals surface area contributed by atoms with Gasteiger partial charge < -0.3 is 14.6 Å². The van der Waals surface area contributed by atoms with Crippen LogP contribution in [0.3, 0.4) is 0 Å². The molecule has 1 aromatic heterocycles. The summed E-state index contributed by atoms with van der Waals surface area (Å²) in [6.45, 7) is 10.8. The number of rotatable bonds is 12. The predicted octanol–water partition coefficient (Wildman–Crippen LogP) is 8.37. The average molecular weight is 599 g/mol. The molecule has 1 N–H and O–H groups in total. The van der Waals surface area contributed by atoms with Crippen molar-refractivity contribution in [2.75, 3.05) is 39.3 Å². The fourth-order valence-corrected chi connectivity index (χ4v) is 8.20. The molecular weight excluding hydrogens is 552 g/mol. The Balaban J connectivity index is 1.18. The van der Waals surface area contributed by atoms with Crippen molar-refractivity contribution in [3.05, 3.63) is 77.9 Å². The van der Waals surface area contributed by atoms with Gasteiger partial charge in [-0.05, 0) is 141 Å². The number of phenolic OH excluding ortho intramolecular Hbond substituents is 1. The van der Waals surface area contributed by atoms with Crippen LogP contribution in [0.4, 0.5) is 0 Å². The van der Waals surface area contributed by atoms with Crippen LogP contribution in [-0.2, 0) is 6.42 Å². The van der Waals surface area contributed by atoms with E-state index in [1.54, 1.807) is 17.4 Å². The molecule has 1 saturated heterocycles. The number of thiophene rings is 1. The van der Waals surface area contributed by atoms with Crippen molar-refractivity contribution in [1.82, 2.24) is 9.80 Å². The Morgan fingerprint density at radius 3 is 2.33 bits per heavy atom. The van der Waals surface area contributed by atoms with Crippen LogP contribution in [-0.4, -0.2) is 66.4 Å². The van der Waals surface area contributed by atoms with Crippen LogP contribution >= 0.6 is 11.3 Å². The first-order valence-electron chi connectivity index (χ1n) is 16.3. The number of fused-ring (bicyclic) bond motifs is 1.